The van der Waals surface area contributed by atoms with Gasteiger partial charge >= 0.3 is 0 Å². The second-order valence-corrected chi connectivity index (χ2v) is 7.13. The Morgan fingerprint density at radius 2 is 2.21 bits per heavy atom. The van der Waals surface area contributed by atoms with Crippen LogP contribution < -0.4 is 4.74 Å². The van der Waals surface area contributed by atoms with E-state index in [2.05, 4.69) is 4.98 Å². The normalized spacial score (nSPS) is 11.5. The van der Waals surface area contributed by atoms with Crippen LogP contribution in [-0.2, 0) is 22.3 Å². The number of ether oxygens (including phenoxy) is 1. The molecule has 102 valence electrons. The summed E-state index contributed by atoms with van der Waals surface area (Å²) in [6.07, 6.45) is 1.17. The van der Waals surface area contributed by atoms with Gasteiger partial charge in [-0.3, -0.25) is 0 Å². The van der Waals surface area contributed by atoms with Gasteiger partial charge in [-0.25, -0.2) is 13.4 Å². The minimum absolute atomic E-state index is 0.241. The fourth-order valence-electron chi connectivity index (χ4n) is 1.42. The Bertz CT molecular complexity index is 667. The third-order valence-corrected chi connectivity index (χ3v) is 4.59. The van der Waals surface area contributed by atoms with Crippen molar-refractivity contribution in [1.29, 1.82) is 0 Å². The van der Waals surface area contributed by atoms with Gasteiger partial charge in [-0.05, 0) is 18.2 Å². The second-order valence-electron chi connectivity index (χ2n) is 3.90. The third kappa shape index (κ3) is 3.92. The zero-order valence-electron chi connectivity index (χ0n) is 10.2. The number of hydrogen-bond donors (Lipinski definition) is 0. The molecule has 0 fully saturated rings. The molecule has 0 unspecified atom stereocenters. The number of rotatable bonds is 5. The maximum absolute atomic E-state index is 11.4. The van der Waals surface area contributed by atoms with Crippen LogP contribution in [0, 0.1) is 0 Å². The summed E-state index contributed by atoms with van der Waals surface area (Å²) in [6.45, 7) is 0.300. The van der Waals surface area contributed by atoms with E-state index in [1.165, 1.54) is 29.7 Å². The lowest BCUT2D eigenvalue weighted by molar-refractivity contribution is 0.304. The molecule has 0 atom stereocenters. The van der Waals surface area contributed by atoms with E-state index in [1.807, 2.05) is 5.38 Å². The predicted octanol–water partition coefficient (Wildman–Crippen LogP) is 2.86. The van der Waals surface area contributed by atoms with Crippen LogP contribution in [-0.4, -0.2) is 19.7 Å². The van der Waals surface area contributed by atoms with Gasteiger partial charge in [0, 0.05) is 11.6 Å². The molecule has 0 radical (unpaired) electrons. The molecule has 0 spiro atoms. The molecule has 0 amide bonds. The molecule has 0 aliphatic carbocycles. The quantitative estimate of drug-likeness (QED) is 0.796. The van der Waals surface area contributed by atoms with Crippen LogP contribution in [0.3, 0.4) is 0 Å². The van der Waals surface area contributed by atoms with E-state index in [4.69, 9.17) is 16.3 Å². The van der Waals surface area contributed by atoms with Crippen LogP contribution in [0.4, 0.5) is 0 Å². The van der Waals surface area contributed by atoms with E-state index in [1.54, 1.807) is 12.1 Å². The Labute approximate surface area is 120 Å². The van der Waals surface area contributed by atoms with Gasteiger partial charge < -0.3 is 4.74 Å². The van der Waals surface area contributed by atoms with Gasteiger partial charge in [0.05, 0.1) is 16.5 Å². The van der Waals surface area contributed by atoms with Crippen LogP contribution in [0.1, 0.15) is 10.7 Å². The SMILES string of the molecule is CS(=O)(=O)c1cccc(OCc2nc(CCl)cs2)c1. The highest BCUT2D eigenvalue weighted by Crippen LogP contribution is 2.19. The first-order valence-electron chi connectivity index (χ1n) is 5.41. The molecule has 4 nitrogen and oxygen atoms in total. The van der Waals surface area contributed by atoms with E-state index in [0.717, 1.165) is 10.7 Å². The first-order chi connectivity index (χ1) is 8.99. The molecular formula is C12H12ClNO3S2. The molecule has 0 saturated heterocycles. The van der Waals surface area contributed by atoms with Crippen LogP contribution in [0.25, 0.3) is 0 Å². The van der Waals surface area contributed by atoms with E-state index in [-0.39, 0.29) is 4.90 Å². The van der Waals surface area contributed by atoms with Gasteiger partial charge in [-0.2, -0.15) is 0 Å². The fraction of sp³-hybridized carbons (Fsp3) is 0.250. The molecule has 0 bridgehead atoms. The van der Waals surface area contributed by atoms with Crippen molar-refractivity contribution >= 4 is 32.8 Å². The molecule has 1 heterocycles. The van der Waals surface area contributed by atoms with Crippen molar-refractivity contribution in [3.05, 3.63) is 40.3 Å². The maximum Gasteiger partial charge on any atom is 0.175 e. The smallest absolute Gasteiger partial charge is 0.175 e. The highest BCUT2D eigenvalue weighted by atomic mass is 35.5. The molecule has 0 saturated carbocycles. The van der Waals surface area contributed by atoms with Crippen molar-refractivity contribution in [3.63, 3.8) is 0 Å². The third-order valence-electron chi connectivity index (χ3n) is 2.33. The number of alkyl halides is 1. The number of hydrogen-bond acceptors (Lipinski definition) is 5. The highest BCUT2D eigenvalue weighted by Gasteiger charge is 2.08. The molecule has 1 aromatic heterocycles. The number of benzene rings is 1. The number of nitrogens with zero attached hydrogens (tertiary/aromatic N) is 1. The lowest BCUT2D eigenvalue weighted by Crippen LogP contribution is -1.99. The molecule has 1 aromatic carbocycles. The van der Waals surface area contributed by atoms with Crippen LogP contribution in [0.15, 0.2) is 34.5 Å². The van der Waals surface area contributed by atoms with Crippen molar-refractivity contribution in [1.82, 2.24) is 4.98 Å². The standard InChI is InChI=1S/C12H12ClNO3S2/c1-19(15,16)11-4-2-3-10(5-11)17-7-12-14-9(6-13)8-18-12/h2-5,8H,6-7H2,1H3. The summed E-state index contributed by atoms with van der Waals surface area (Å²) >= 11 is 7.13. The van der Waals surface area contributed by atoms with E-state index in [0.29, 0.717) is 18.2 Å². The van der Waals surface area contributed by atoms with Crippen LogP contribution in [0.2, 0.25) is 0 Å². The maximum atomic E-state index is 11.4. The van der Waals surface area contributed by atoms with Gasteiger partial charge in [-0.15, -0.1) is 22.9 Å². The van der Waals surface area contributed by atoms with E-state index < -0.39 is 9.84 Å². The summed E-state index contributed by atoms with van der Waals surface area (Å²) in [5.41, 5.74) is 0.815. The Morgan fingerprint density at radius 1 is 1.42 bits per heavy atom. The first kappa shape index (κ1) is 14.3. The zero-order chi connectivity index (χ0) is 13.9. The first-order valence-corrected chi connectivity index (χ1v) is 8.72. The monoisotopic (exact) mass is 317 g/mol. The van der Waals surface area contributed by atoms with Crippen molar-refractivity contribution in [3.8, 4) is 5.75 Å². The zero-order valence-corrected chi connectivity index (χ0v) is 12.6. The summed E-state index contributed by atoms with van der Waals surface area (Å²) in [5.74, 6) is 0.880. The largest absolute Gasteiger partial charge is 0.486 e. The van der Waals surface area contributed by atoms with Crippen LogP contribution >= 0.6 is 22.9 Å². The molecule has 2 rings (SSSR count). The summed E-state index contributed by atoms with van der Waals surface area (Å²) < 4.78 is 28.4. The number of sulfone groups is 1. The molecule has 0 aliphatic heterocycles. The number of thiazole rings is 1. The van der Waals surface area contributed by atoms with Gasteiger partial charge in [-0.1, -0.05) is 6.07 Å². The lowest BCUT2D eigenvalue weighted by Gasteiger charge is -2.05. The molecule has 2 aromatic rings. The number of halogens is 1. The van der Waals surface area contributed by atoms with E-state index >= 15 is 0 Å². The van der Waals surface area contributed by atoms with Crippen molar-refractivity contribution < 1.29 is 13.2 Å². The van der Waals surface area contributed by atoms with Crippen molar-refractivity contribution in [2.24, 2.45) is 0 Å². The molecule has 0 N–H and O–H groups in total. The Kier molecular flexibility index (Phi) is 4.44. The molecular weight excluding hydrogens is 306 g/mol. The molecule has 7 heteroatoms. The van der Waals surface area contributed by atoms with Gasteiger partial charge in [0.25, 0.3) is 0 Å². The highest BCUT2D eigenvalue weighted by molar-refractivity contribution is 7.90. The number of aromatic nitrogens is 1. The van der Waals surface area contributed by atoms with Gasteiger partial charge in [0.15, 0.2) is 9.84 Å². The van der Waals surface area contributed by atoms with E-state index in [9.17, 15) is 8.42 Å². The minimum Gasteiger partial charge on any atom is -0.486 e. The van der Waals surface area contributed by atoms with Crippen LogP contribution in [0.5, 0.6) is 5.75 Å². The molecule has 0 aliphatic rings. The van der Waals surface area contributed by atoms with Crippen molar-refractivity contribution in [2.45, 2.75) is 17.4 Å². The summed E-state index contributed by atoms with van der Waals surface area (Å²) in [5, 5.41) is 2.68. The second kappa shape index (κ2) is 5.90. The fourth-order valence-corrected chi connectivity index (χ4v) is 3.01. The Hall–Kier alpha value is -1.11. The minimum atomic E-state index is -3.22. The summed E-state index contributed by atoms with van der Waals surface area (Å²) in [6, 6.07) is 6.41. The average molecular weight is 318 g/mol. The van der Waals surface area contributed by atoms with Gasteiger partial charge in [0.1, 0.15) is 17.4 Å². The van der Waals surface area contributed by atoms with Gasteiger partial charge in [0.2, 0.25) is 0 Å². The Morgan fingerprint density at radius 3 is 2.84 bits per heavy atom. The summed E-state index contributed by atoms with van der Waals surface area (Å²) in [7, 11) is -3.22. The van der Waals surface area contributed by atoms with Crippen molar-refractivity contribution in [2.75, 3.05) is 6.26 Å². The summed E-state index contributed by atoms with van der Waals surface area (Å²) in [4.78, 5) is 4.50. The predicted molar refractivity (Wildman–Crippen MR) is 75.6 cm³/mol. The average Bonchev–Trinajstić information content (AvgIpc) is 2.84. The topological polar surface area (TPSA) is 56.3 Å². The Balaban J connectivity index is 2.07. The molecule has 19 heavy (non-hydrogen) atoms. The lowest BCUT2D eigenvalue weighted by atomic mass is 10.3.